The minimum Gasteiger partial charge on any atom is -0.389 e. The number of aromatic nitrogens is 3. The third kappa shape index (κ3) is 3.04. The summed E-state index contributed by atoms with van der Waals surface area (Å²) in [6.07, 6.45) is 5.75. The maximum Gasteiger partial charge on any atom is 0.140 e. The molecule has 1 heterocycles. The van der Waals surface area contributed by atoms with Gasteiger partial charge in [0.05, 0.1) is 12.1 Å². The van der Waals surface area contributed by atoms with Crippen LogP contribution < -0.4 is 0 Å². The van der Waals surface area contributed by atoms with E-state index in [9.17, 15) is 5.11 Å². The molecule has 1 aliphatic rings. The summed E-state index contributed by atoms with van der Waals surface area (Å²) in [5.41, 5.74) is -0.480. The third-order valence-electron chi connectivity index (χ3n) is 3.51. The Hall–Kier alpha value is -0.940. The van der Waals surface area contributed by atoms with Gasteiger partial charge in [-0.05, 0) is 26.8 Å². The van der Waals surface area contributed by atoms with Crippen LogP contribution in [-0.4, -0.2) is 44.0 Å². The van der Waals surface area contributed by atoms with Crippen molar-refractivity contribution in [2.24, 2.45) is 0 Å². The first kappa shape index (κ1) is 12.5. The van der Waals surface area contributed by atoms with Crippen molar-refractivity contribution in [3.63, 3.8) is 0 Å². The highest BCUT2D eigenvalue weighted by Gasteiger charge is 2.32. The zero-order valence-electron chi connectivity index (χ0n) is 10.8. The van der Waals surface area contributed by atoms with Gasteiger partial charge in [-0.2, -0.15) is 5.10 Å². The molecule has 96 valence electrons. The van der Waals surface area contributed by atoms with Crippen molar-refractivity contribution in [2.75, 3.05) is 13.6 Å². The van der Waals surface area contributed by atoms with Crippen LogP contribution in [0.1, 0.15) is 38.4 Å². The number of hydrogen-bond donors (Lipinski definition) is 1. The lowest BCUT2D eigenvalue weighted by Gasteiger charge is -2.28. The molecule has 1 N–H and O–H groups in total. The van der Waals surface area contributed by atoms with E-state index in [-0.39, 0.29) is 0 Å². The topological polar surface area (TPSA) is 54.2 Å². The fourth-order valence-corrected chi connectivity index (χ4v) is 2.67. The van der Waals surface area contributed by atoms with Gasteiger partial charge < -0.3 is 5.11 Å². The Balaban J connectivity index is 1.90. The van der Waals surface area contributed by atoms with Crippen LogP contribution in [0.3, 0.4) is 0 Å². The molecule has 1 aliphatic carbocycles. The molecule has 0 atom stereocenters. The van der Waals surface area contributed by atoms with Gasteiger partial charge in [0, 0.05) is 13.1 Å². The van der Waals surface area contributed by atoms with E-state index in [0.717, 1.165) is 51.1 Å². The molecule has 0 amide bonds. The first-order valence-electron chi connectivity index (χ1n) is 6.40. The van der Waals surface area contributed by atoms with E-state index in [4.69, 9.17) is 0 Å². The van der Waals surface area contributed by atoms with Crippen LogP contribution in [0.15, 0.2) is 6.33 Å². The first-order valence-corrected chi connectivity index (χ1v) is 6.40. The van der Waals surface area contributed by atoms with E-state index < -0.39 is 5.60 Å². The molecule has 0 bridgehead atoms. The molecule has 0 unspecified atom stereocenters. The predicted octanol–water partition coefficient (Wildman–Crippen LogP) is 1.03. The summed E-state index contributed by atoms with van der Waals surface area (Å²) in [5, 5.41) is 14.5. The van der Waals surface area contributed by atoms with Gasteiger partial charge in [0.1, 0.15) is 12.2 Å². The van der Waals surface area contributed by atoms with Crippen LogP contribution in [0.4, 0.5) is 0 Å². The molecular formula is C12H22N4O. The Morgan fingerprint density at radius 1 is 1.47 bits per heavy atom. The monoisotopic (exact) mass is 238 g/mol. The lowest BCUT2D eigenvalue weighted by Crippen LogP contribution is -2.39. The van der Waals surface area contributed by atoms with Crippen molar-refractivity contribution in [1.82, 2.24) is 19.7 Å². The minimum atomic E-state index is -0.480. The molecule has 1 saturated carbocycles. The second-order valence-corrected chi connectivity index (χ2v) is 5.10. The second-order valence-electron chi connectivity index (χ2n) is 5.10. The van der Waals surface area contributed by atoms with E-state index in [1.807, 2.05) is 11.7 Å². The quantitative estimate of drug-likeness (QED) is 0.832. The van der Waals surface area contributed by atoms with E-state index in [2.05, 4.69) is 21.9 Å². The number of hydrogen-bond acceptors (Lipinski definition) is 4. The van der Waals surface area contributed by atoms with Gasteiger partial charge >= 0.3 is 0 Å². The van der Waals surface area contributed by atoms with E-state index in [1.54, 1.807) is 6.33 Å². The fraction of sp³-hybridized carbons (Fsp3) is 0.833. The molecule has 17 heavy (non-hydrogen) atoms. The average Bonchev–Trinajstić information content (AvgIpc) is 2.87. The zero-order valence-corrected chi connectivity index (χ0v) is 10.8. The lowest BCUT2D eigenvalue weighted by atomic mass is 10.0. The summed E-state index contributed by atoms with van der Waals surface area (Å²) in [6.45, 7) is 4.37. The number of aliphatic hydroxyl groups is 1. The normalized spacial score (nSPS) is 19.1. The van der Waals surface area contributed by atoms with Crippen LogP contribution in [0.2, 0.25) is 0 Å². The zero-order chi connectivity index (χ0) is 12.3. The smallest absolute Gasteiger partial charge is 0.140 e. The summed E-state index contributed by atoms with van der Waals surface area (Å²) in [7, 11) is 2.03. The van der Waals surface area contributed by atoms with Crippen molar-refractivity contribution in [1.29, 1.82) is 0 Å². The summed E-state index contributed by atoms with van der Waals surface area (Å²) >= 11 is 0. The standard InChI is InChI=1S/C12H22N4O/c1-3-16-11(13-10-14-16)8-15(2)9-12(17)6-4-5-7-12/h10,17H,3-9H2,1-2H3. The molecule has 5 nitrogen and oxygen atoms in total. The Bertz CT molecular complexity index is 357. The molecule has 1 aromatic heterocycles. The molecule has 0 spiro atoms. The highest BCUT2D eigenvalue weighted by molar-refractivity contribution is 4.89. The highest BCUT2D eigenvalue weighted by atomic mass is 16.3. The van der Waals surface area contributed by atoms with Crippen molar-refractivity contribution < 1.29 is 5.11 Å². The lowest BCUT2D eigenvalue weighted by molar-refractivity contribution is 0.0137. The van der Waals surface area contributed by atoms with Crippen LogP contribution in [0.5, 0.6) is 0 Å². The predicted molar refractivity (Wildman–Crippen MR) is 65.4 cm³/mol. The van der Waals surface area contributed by atoms with Crippen LogP contribution in [0, 0.1) is 0 Å². The first-order chi connectivity index (χ1) is 8.13. The van der Waals surface area contributed by atoms with E-state index >= 15 is 0 Å². The van der Waals surface area contributed by atoms with Gasteiger partial charge in [-0.25, -0.2) is 9.67 Å². The Morgan fingerprint density at radius 2 is 2.18 bits per heavy atom. The Labute approximate surface area is 102 Å². The molecule has 1 aromatic rings. The van der Waals surface area contributed by atoms with Gasteiger partial charge in [0.2, 0.25) is 0 Å². The summed E-state index contributed by atoms with van der Waals surface area (Å²) in [4.78, 5) is 6.39. The molecule has 5 heteroatoms. The van der Waals surface area contributed by atoms with Crippen molar-refractivity contribution >= 4 is 0 Å². The van der Waals surface area contributed by atoms with Gasteiger partial charge in [0.25, 0.3) is 0 Å². The summed E-state index contributed by atoms with van der Waals surface area (Å²) in [5.74, 6) is 0.969. The summed E-state index contributed by atoms with van der Waals surface area (Å²) < 4.78 is 1.90. The van der Waals surface area contributed by atoms with Crippen LogP contribution in [-0.2, 0) is 13.1 Å². The molecule has 0 saturated heterocycles. The van der Waals surface area contributed by atoms with Crippen LogP contribution >= 0.6 is 0 Å². The second kappa shape index (κ2) is 5.14. The summed E-state index contributed by atoms with van der Waals surface area (Å²) in [6, 6.07) is 0. The SMILES string of the molecule is CCn1ncnc1CN(C)CC1(O)CCCC1. The van der Waals surface area contributed by atoms with Crippen molar-refractivity contribution in [2.45, 2.75) is 51.3 Å². The molecular weight excluding hydrogens is 216 g/mol. The highest BCUT2D eigenvalue weighted by Crippen LogP contribution is 2.30. The molecule has 0 radical (unpaired) electrons. The van der Waals surface area contributed by atoms with Crippen molar-refractivity contribution in [3.05, 3.63) is 12.2 Å². The maximum absolute atomic E-state index is 10.3. The Kier molecular flexibility index (Phi) is 3.79. The Morgan fingerprint density at radius 3 is 2.82 bits per heavy atom. The number of rotatable bonds is 5. The van der Waals surface area contributed by atoms with E-state index in [1.165, 1.54) is 0 Å². The fourth-order valence-electron chi connectivity index (χ4n) is 2.67. The van der Waals surface area contributed by atoms with E-state index in [0.29, 0.717) is 0 Å². The number of aryl methyl sites for hydroxylation is 1. The minimum absolute atomic E-state index is 0.480. The van der Waals surface area contributed by atoms with Gasteiger partial charge in [0.15, 0.2) is 0 Å². The molecule has 0 aliphatic heterocycles. The molecule has 0 aromatic carbocycles. The number of nitrogens with zero attached hydrogens (tertiary/aromatic N) is 4. The molecule has 1 fully saturated rings. The van der Waals surface area contributed by atoms with Crippen molar-refractivity contribution in [3.8, 4) is 0 Å². The third-order valence-corrected chi connectivity index (χ3v) is 3.51. The van der Waals surface area contributed by atoms with Crippen LogP contribution in [0.25, 0.3) is 0 Å². The largest absolute Gasteiger partial charge is 0.389 e. The van der Waals surface area contributed by atoms with Gasteiger partial charge in [-0.3, -0.25) is 4.90 Å². The maximum atomic E-state index is 10.3. The number of likely N-dealkylation sites (N-methyl/N-ethyl adjacent to an activating group) is 1. The molecule has 2 rings (SSSR count). The van der Waals surface area contributed by atoms with Gasteiger partial charge in [-0.1, -0.05) is 12.8 Å². The van der Waals surface area contributed by atoms with Gasteiger partial charge in [-0.15, -0.1) is 0 Å². The average molecular weight is 238 g/mol.